The van der Waals surface area contributed by atoms with E-state index < -0.39 is 0 Å². The molecular weight excluding hydrogens is 402 g/mol. The predicted molar refractivity (Wildman–Crippen MR) is 123 cm³/mol. The molecule has 1 heterocycles. The molecule has 0 aliphatic heterocycles. The molecule has 32 heavy (non-hydrogen) atoms. The van der Waals surface area contributed by atoms with Crippen molar-refractivity contribution in [3.05, 3.63) is 95.6 Å². The van der Waals surface area contributed by atoms with Crippen LogP contribution in [0.1, 0.15) is 16.7 Å². The van der Waals surface area contributed by atoms with Gasteiger partial charge in [0, 0.05) is 5.56 Å². The van der Waals surface area contributed by atoms with E-state index in [1.54, 1.807) is 12.1 Å². The highest BCUT2D eigenvalue weighted by Crippen LogP contribution is 2.36. The molecule has 3 aromatic carbocycles. The zero-order valence-electron chi connectivity index (χ0n) is 17.2. The van der Waals surface area contributed by atoms with Crippen LogP contribution in [0, 0.1) is 11.3 Å². The van der Waals surface area contributed by atoms with Gasteiger partial charge in [0.25, 0.3) is 0 Å². The van der Waals surface area contributed by atoms with Crippen LogP contribution in [0.25, 0.3) is 11.3 Å². The van der Waals surface area contributed by atoms with Crippen molar-refractivity contribution < 1.29 is 9.47 Å². The van der Waals surface area contributed by atoms with Gasteiger partial charge in [-0.2, -0.15) is 10.2 Å². The number of benzene rings is 3. The van der Waals surface area contributed by atoms with E-state index in [4.69, 9.17) is 20.9 Å². The number of hydrogen-bond acceptors (Lipinski definition) is 7. The molecule has 7 nitrogen and oxygen atoms in total. The highest BCUT2D eigenvalue weighted by atomic mass is 16.5. The number of nitriles is 1. The van der Waals surface area contributed by atoms with Crippen molar-refractivity contribution in [2.24, 2.45) is 0 Å². The van der Waals surface area contributed by atoms with Gasteiger partial charge in [-0.1, -0.05) is 60.7 Å². The first-order valence-corrected chi connectivity index (χ1v) is 9.95. The SMILES string of the molecule is N#Cc1c(N)nc(N)nc1-c1cc(OCc2ccccc2)ccc1OCc1ccccc1. The van der Waals surface area contributed by atoms with Gasteiger partial charge < -0.3 is 20.9 Å². The number of nitrogens with zero attached hydrogens (tertiary/aromatic N) is 3. The van der Waals surface area contributed by atoms with Crippen LogP contribution in [0.2, 0.25) is 0 Å². The van der Waals surface area contributed by atoms with E-state index >= 15 is 0 Å². The van der Waals surface area contributed by atoms with Crippen LogP contribution in [0.5, 0.6) is 11.5 Å². The van der Waals surface area contributed by atoms with Crippen LogP contribution in [0.3, 0.4) is 0 Å². The van der Waals surface area contributed by atoms with E-state index in [-0.39, 0.29) is 17.3 Å². The van der Waals surface area contributed by atoms with Crippen LogP contribution < -0.4 is 20.9 Å². The molecule has 7 heteroatoms. The molecule has 0 saturated carbocycles. The number of ether oxygens (including phenoxy) is 2. The summed E-state index contributed by atoms with van der Waals surface area (Å²) in [6.45, 7) is 0.736. The van der Waals surface area contributed by atoms with Crippen molar-refractivity contribution >= 4 is 11.8 Å². The number of rotatable bonds is 7. The first-order valence-electron chi connectivity index (χ1n) is 9.95. The molecule has 0 amide bonds. The molecule has 0 unspecified atom stereocenters. The average Bonchev–Trinajstić information content (AvgIpc) is 2.82. The summed E-state index contributed by atoms with van der Waals surface area (Å²) in [4.78, 5) is 8.18. The molecule has 0 radical (unpaired) electrons. The zero-order chi connectivity index (χ0) is 22.3. The minimum Gasteiger partial charge on any atom is -0.489 e. The van der Waals surface area contributed by atoms with Crippen LogP contribution in [-0.2, 0) is 13.2 Å². The van der Waals surface area contributed by atoms with Gasteiger partial charge in [-0.25, -0.2) is 4.98 Å². The molecule has 0 bridgehead atoms. The Kier molecular flexibility index (Phi) is 6.14. The summed E-state index contributed by atoms with van der Waals surface area (Å²) in [5, 5.41) is 9.65. The van der Waals surface area contributed by atoms with Crippen molar-refractivity contribution in [3.8, 4) is 28.8 Å². The second-order valence-electron chi connectivity index (χ2n) is 7.01. The van der Waals surface area contributed by atoms with Gasteiger partial charge in [0.2, 0.25) is 5.95 Å². The Labute approximate surface area is 185 Å². The largest absolute Gasteiger partial charge is 0.489 e. The standard InChI is InChI=1S/C25H21N5O2/c26-14-21-23(29-25(28)30-24(21)27)20-13-19(31-15-17-7-3-1-4-8-17)11-12-22(20)32-16-18-9-5-2-6-10-18/h1-13H,15-16H2,(H4,27,28,29,30). The van der Waals surface area contributed by atoms with Crippen molar-refractivity contribution in [1.29, 1.82) is 5.26 Å². The third-order valence-corrected chi connectivity index (χ3v) is 4.76. The van der Waals surface area contributed by atoms with E-state index in [1.807, 2.05) is 66.7 Å². The van der Waals surface area contributed by atoms with E-state index in [0.29, 0.717) is 36.0 Å². The molecule has 1 aromatic heterocycles. The van der Waals surface area contributed by atoms with Crippen molar-refractivity contribution in [2.45, 2.75) is 13.2 Å². The number of aromatic nitrogens is 2. The number of hydrogen-bond donors (Lipinski definition) is 2. The monoisotopic (exact) mass is 423 g/mol. The fourth-order valence-electron chi connectivity index (χ4n) is 3.19. The normalized spacial score (nSPS) is 10.3. The second kappa shape index (κ2) is 9.49. The molecule has 0 spiro atoms. The fraction of sp³-hybridized carbons (Fsp3) is 0.0800. The lowest BCUT2D eigenvalue weighted by Gasteiger charge is -2.15. The summed E-state index contributed by atoms with van der Waals surface area (Å²) in [7, 11) is 0. The Morgan fingerprint density at radius 2 is 1.41 bits per heavy atom. The predicted octanol–water partition coefficient (Wildman–Crippen LogP) is 4.34. The molecule has 158 valence electrons. The lowest BCUT2D eigenvalue weighted by molar-refractivity contribution is 0.298. The minimum absolute atomic E-state index is 0.0135. The highest BCUT2D eigenvalue weighted by Gasteiger charge is 2.18. The van der Waals surface area contributed by atoms with Crippen LogP contribution in [-0.4, -0.2) is 9.97 Å². The maximum atomic E-state index is 9.65. The molecule has 4 N–H and O–H groups in total. The number of anilines is 2. The Morgan fingerprint density at radius 1 is 0.781 bits per heavy atom. The molecule has 0 fully saturated rings. The first-order chi connectivity index (χ1) is 15.6. The van der Waals surface area contributed by atoms with Gasteiger partial charge in [-0.15, -0.1) is 0 Å². The quantitative estimate of drug-likeness (QED) is 0.454. The first kappa shape index (κ1) is 20.7. The average molecular weight is 423 g/mol. The maximum absolute atomic E-state index is 9.65. The Bertz CT molecular complexity index is 1250. The van der Waals surface area contributed by atoms with Crippen molar-refractivity contribution in [1.82, 2.24) is 9.97 Å². The Balaban J connectivity index is 1.71. The van der Waals surface area contributed by atoms with Crippen LogP contribution >= 0.6 is 0 Å². The summed E-state index contributed by atoms with van der Waals surface area (Å²) in [6, 6.07) is 27.0. The Hall–Kier alpha value is -4.57. The fourth-order valence-corrected chi connectivity index (χ4v) is 3.19. The van der Waals surface area contributed by atoms with Gasteiger partial charge in [0.15, 0.2) is 0 Å². The third kappa shape index (κ3) is 4.77. The number of nitrogens with two attached hydrogens (primary N) is 2. The summed E-state index contributed by atoms with van der Waals surface area (Å²) in [6.07, 6.45) is 0. The van der Waals surface area contributed by atoms with E-state index in [2.05, 4.69) is 16.0 Å². The van der Waals surface area contributed by atoms with Crippen LogP contribution in [0.15, 0.2) is 78.9 Å². The Morgan fingerprint density at radius 3 is 2.03 bits per heavy atom. The summed E-state index contributed by atoms with van der Waals surface area (Å²) >= 11 is 0. The molecule has 0 atom stereocenters. The van der Waals surface area contributed by atoms with Gasteiger partial charge in [0.1, 0.15) is 42.2 Å². The van der Waals surface area contributed by atoms with Gasteiger partial charge in [-0.3, -0.25) is 0 Å². The van der Waals surface area contributed by atoms with Crippen molar-refractivity contribution in [2.75, 3.05) is 11.5 Å². The molecule has 4 rings (SSSR count). The summed E-state index contributed by atoms with van der Waals surface area (Å²) in [5.74, 6) is 1.10. The molecular formula is C25H21N5O2. The highest BCUT2D eigenvalue weighted by molar-refractivity contribution is 5.78. The topological polar surface area (TPSA) is 120 Å². The summed E-state index contributed by atoms with van der Waals surface area (Å²) < 4.78 is 12.0. The summed E-state index contributed by atoms with van der Waals surface area (Å²) in [5.41, 5.74) is 14.8. The van der Waals surface area contributed by atoms with E-state index in [9.17, 15) is 5.26 Å². The third-order valence-electron chi connectivity index (χ3n) is 4.76. The lowest BCUT2D eigenvalue weighted by Crippen LogP contribution is -2.06. The van der Waals surface area contributed by atoms with Gasteiger partial charge in [0.05, 0.1) is 5.69 Å². The molecule has 4 aromatic rings. The van der Waals surface area contributed by atoms with Gasteiger partial charge >= 0.3 is 0 Å². The molecule has 0 aliphatic rings. The second-order valence-corrected chi connectivity index (χ2v) is 7.01. The van der Waals surface area contributed by atoms with Crippen molar-refractivity contribution in [3.63, 3.8) is 0 Å². The van der Waals surface area contributed by atoms with E-state index in [1.165, 1.54) is 0 Å². The smallest absolute Gasteiger partial charge is 0.222 e. The number of nitrogen functional groups attached to an aromatic ring is 2. The molecule has 0 saturated heterocycles. The van der Waals surface area contributed by atoms with E-state index in [0.717, 1.165) is 11.1 Å². The molecule has 0 aliphatic carbocycles. The maximum Gasteiger partial charge on any atom is 0.222 e. The van der Waals surface area contributed by atoms with Crippen LogP contribution in [0.4, 0.5) is 11.8 Å². The lowest BCUT2D eigenvalue weighted by atomic mass is 10.1. The van der Waals surface area contributed by atoms with Gasteiger partial charge in [-0.05, 0) is 29.3 Å². The zero-order valence-corrected chi connectivity index (χ0v) is 17.2. The minimum atomic E-state index is -0.0267.